The Hall–Kier alpha value is -3.06. The highest BCUT2D eigenvalue weighted by Gasteiger charge is 2.42. The number of hydrogen-bond donors (Lipinski definition) is 1. The van der Waals surface area contributed by atoms with E-state index in [1.807, 2.05) is 48.5 Å². The molecule has 0 aliphatic carbocycles. The summed E-state index contributed by atoms with van der Waals surface area (Å²) in [5, 5.41) is 10.1. The maximum absolute atomic E-state index is 11.4. The van der Waals surface area contributed by atoms with Gasteiger partial charge in [0.05, 0.1) is 25.3 Å². The Morgan fingerprint density at radius 1 is 1.09 bits per heavy atom. The number of benzene rings is 3. The lowest BCUT2D eigenvalue weighted by Gasteiger charge is -2.41. The van der Waals surface area contributed by atoms with Crippen LogP contribution in [0.1, 0.15) is 11.1 Å². The number of halogens is 1. The molecule has 166 valence electrons. The Morgan fingerprint density at radius 2 is 1.88 bits per heavy atom. The molecule has 3 aromatic rings. The van der Waals surface area contributed by atoms with Crippen molar-refractivity contribution in [3.63, 3.8) is 0 Å². The molecule has 6 nitrogen and oxygen atoms in total. The number of phenolic OH excluding ortho intramolecular Hbond substituents is 1. The van der Waals surface area contributed by atoms with E-state index >= 15 is 0 Å². The van der Waals surface area contributed by atoms with Crippen molar-refractivity contribution in [2.75, 3.05) is 26.9 Å². The zero-order chi connectivity index (χ0) is 22.6. The highest BCUT2D eigenvalue weighted by atomic mass is 35.5. The topological polar surface area (TPSA) is 74.2 Å². The van der Waals surface area contributed by atoms with Crippen molar-refractivity contribution >= 4 is 17.6 Å². The lowest BCUT2D eigenvalue weighted by atomic mass is 9.91. The molecule has 0 radical (unpaired) electrons. The Labute approximate surface area is 191 Å². The first-order chi connectivity index (χ1) is 15.5. The van der Waals surface area contributed by atoms with E-state index in [0.717, 1.165) is 22.3 Å². The maximum atomic E-state index is 11.4. The fourth-order valence-electron chi connectivity index (χ4n) is 3.47. The van der Waals surface area contributed by atoms with Crippen LogP contribution in [0.15, 0.2) is 66.7 Å². The number of methoxy groups -OCH3 is 1. The molecular formula is C25H23ClO6. The molecule has 0 spiro atoms. The van der Waals surface area contributed by atoms with Crippen LogP contribution in [0.5, 0.6) is 11.5 Å². The molecule has 0 aromatic heterocycles. The SMILES string of the molecule is COC(=O)COC1(c2ccc(OCc3cccc(-c4ccc(O)cc4Cl)c3)cc2)COC1. The number of ether oxygens (including phenoxy) is 4. The normalized spacial score (nSPS) is 14.4. The van der Waals surface area contributed by atoms with Crippen molar-refractivity contribution in [3.05, 3.63) is 82.9 Å². The van der Waals surface area contributed by atoms with Gasteiger partial charge in [-0.25, -0.2) is 4.79 Å². The highest BCUT2D eigenvalue weighted by molar-refractivity contribution is 6.33. The van der Waals surface area contributed by atoms with Crippen molar-refractivity contribution in [2.45, 2.75) is 12.2 Å². The van der Waals surface area contributed by atoms with Gasteiger partial charge in [-0.2, -0.15) is 0 Å². The van der Waals surface area contributed by atoms with Crippen molar-refractivity contribution in [1.82, 2.24) is 0 Å². The Balaban J connectivity index is 1.41. The van der Waals surface area contributed by atoms with Crippen LogP contribution in [-0.4, -0.2) is 38.0 Å². The van der Waals surface area contributed by atoms with Gasteiger partial charge in [0.15, 0.2) is 0 Å². The zero-order valence-electron chi connectivity index (χ0n) is 17.5. The fourth-order valence-corrected chi connectivity index (χ4v) is 3.75. The van der Waals surface area contributed by atoms with Gasteiger partial charge in [-0.1, -0.05) is 41.9 Å². The van der Waals surface area contributed by atoms with E-state index in [2.05, 4.69) is 4.74 Å². The minimum atomic E-state index is -0.634. The summed E-state index contributed by atoms with van der Waals surface area (Å²) in [6.07, 6.45) is 0. The van der Waals surface area contributed by atoms with Gasteiger partial charge in [0.25, 0.3) is 0 Å². The summed E-state index contributed by atoms with van der Waals surface area (Å²) in [6.45, 7) is 1.03. The quantitative estimate of drug-likeness (QED) is 0.497. The summed E-state index contributed by atoms with van der Waals surface area (Å²) in [7, 11) is 1.33. The van der Waals surface area contributed by atoms with Crippen LogP contribution in [0.4, 0.5) is 0 Å². The lowest BCUT2D eigenvalue weighted by molar-refractivity contribution is -0.220. The number of esters is 1. The molecule has 0 amide bonds. The van der Waals surface area contributed by atoms with Crippen LogP contribution in [0.2, 0.25) is 5.02 Å². The average Bonchev–Trinajstić information content (AvgIpc) is 2.77. The number of carbonyl (C=O) groups excluding carboxylic acids is 1. The third-order valence-corrected chi connectivity index (χ3v) is 5.65. The summed E-state index contributed by atoms with van der Waals surface area (Å²) in [5.41, 5.74) is 3.06. The number of phenols is 1. The first kappa shape index (κ1) is 22.1. The van der Waals surface area contributed by atoms with E-state index in [9.17, 15) is 9.90 Å². The van der Waals surface area contributed by atoms with Gasteiger partial charge in [-0.15, -0.1) is 0 Å². The second-order valence-corrected chi connectivity index (χ2v) is 7.94. The molecule has 1 saturated heterocycles. The van der Waals surface area contributed by atoms with Crippen molar-refractivity contribution < 1.29 is 28.8 Å². The van der Waals surface area contributed by atoms with Crippen molar-refractivity contribution in [1.29, 1.82) is 0 Å². The Morgan fingerprint density at radius 3 is 2.53 bits per heavy atom. The van der Waals surface area contributed by atoms with E-state index in [-0.39, 0.29) is 12.4 Å². The predicted molar refractivity (Wildman–Crippen MR) is 120 cm³/mol. The van der Waals surface area contributed by atoms with Crippen LogP contribution >= 0.6 is 11.6 Å². The molecule has 1 heterocycles. The Kier molecular flexibility index (Phi) is 6.65. The maximum Gasteiger partial charge on any atom is 0.331 e. The van der Waals surface area contributed by atoms with E-state index in [4.69, 9.17) is 25.8 Å². The first-order valence-corrected chi connectivity index (χ1v) is 10.5. The van der Waals surface area contributed by atoms with Crippen LogP contribution < -0.4 is 4.74 Å². The van der Waals surface area contributed by atoms with Gasteiger partial charge in [-0.3, -0.25) is 0 Å². The van der Waals surface area contributed by atoms with Gasteiger partial charge in [0, 0.05) is 5.56 Å². The third kappa shape index (κ3) is 4.88. The smallest absolute Gasteiger partial charge is 0.331 e. The monoisotopic (exact) mass is 454 g/mol. The highest BCUT2D eigenvalue weighted by Crippen LogP contribution is 2.35. The fraction of sp³-hybridized carbons (Fsp3) is 0.240. The molecule has 0 saturated carbocycles. The van der Waals surface area contributed by atoms with Crippen LogP contribution in [0.25, 0.3) is 11.1 Å². The molecule has 0 atom stereocenters. The number of rotatable bonds is 8. The standard InChI is InChI=1S/C25H23ClO6/c1-29-24(28)14-32-25(15-30-16-25)19-5-8-21(9-6-19)31-13-17-3-2-4-18(11-17)22-10-7-20(27)12-23(22)26/h2-12,27H,13-16H2,1H3. The Bertz CT molecular complexity index is 1090. The molecule has 0 unspecified atom stereocenters. The van der Waals surface area contributed by atoms with Crippen molar-refractivity contribution in [2.24, 2.45) is 0 Å². The minimum absolute atomic E-state index is 0.125. The summed E-state index contributed by atoms with van der Waals surface area (Å²) < 4.78 is 21.7. The summed E-state index contributed by atoms with van der Waals surface area (Å²) >= 11 is 6.27. The van der Waals surface area contributed by atoms with E-state index in [1.165, 1.54) is 13.2 Å². The molecule has 1 aliphatic heterocycles. The lowest BCUT2D eigenvalue weighted by Crippen LogP contribution is -2.49. The van der Waals surface area contributed by atoms with Crippen LogP contribution in [-0.2, 0) is 31.2 Å². The van der Waals surface area contributed by atoms with Gasteiger partial charge in [0.2, 0.25) is 0 Å². The molecule has 4 rings (SSSR count). The summed E-state index contributed by atoms with van der Waals surface area (Å²) in [4.78, 5) is 11.4. The molecular weight excluding hydrogens is 432 g/mol. The summed E-state index contributed by atoms with van der Waals surface area (Å²) in [6, 6.07) is 20.4. The third-order valence-electron chi connectivity index (χ3n) is 5.34. The minimum Gasteiger partial charge on any atom is -0.508 e. The number of carbonyl (C=O) groups is 1. The molecule has 7 heteroatoms. The first-order valence-electron chi connectivity index (χ1n) is 10.1. The van der Waals surface area contributed by atoms with Gasteiger partial charge in [0.1, 0.15) is 30.3 Å². The molecule has 1 fully saturated rings. The van der Waals surface area contributed by atoms with Crippen molar-refractivity contribution in [3.8, 4) is 22.6 Å². The molecule has 0 bridgehead atoms. The molecule has 1 N–H and O–H groups in total. The zero-order valence-corrected chi connectivity index (χ0v) is 18.3. The number of aromatic hydroxyl groups is 1. The average molecular weight is 455 g/mol. The van der Waals surface area contributed by atoms with E-state index < -0.39 is 11.6 Å². The largest absolute Gasteiger partial charge is 0.508 e. The summed E-state index contributed by atoms with van der Waals surface area (Å²) in [5.74, 6) is 0.421. The number of hydrogen-bond acceptors (Lipinski definition) is 6. The second-order valence-electron chi connectivity index (χ2n) is 7.53. The molecule has 3 aromatic carbocycles. The van der Waals surface area contributed by atoms with Gasteiger partial charge >= 0.3 is 5.97 Å². The van der Waals surface area contributed by atoms with E-state index in [0.29, 0.717) is 30.6 Å². The van der Waals surface area contributed by atoms with Crippen LogP contribution in [0, 0.1) is 0 Å². The van der Waals surface area contributed by atoms with Gasteiger partial charge in [-0.05, 0) is 53.1 Å². The van der Waals surface area contributed by atoms with Crippen LogP contribution in [0.3, 0.4) is 0 Å². The second kappa shape index (κ2) is 9.61. The molecule has 32 heavy (non-hydrogen) atoms. The van der Waals surface area contributed by atoms with E-state index in [1.54, 1.807) is 12.1 Å². The molecule has 1 aliphatic rings. The predicted octanol–water partition coefficient (Wildman–Crippen LogP) is 4.71. The van der Waals surface area contributed by atoms with Gasteiger partial charge < -0.3 is 24.1 Å².